The average molecular weight is 187 g/mol. The molecule has 0 bridgehead atoms. The lowest BCUT2D eigenvalue weighted by Crippen LogP contribution is -2.40. The summed E-state index contributed by atoms with van der Waals surface area (Å²) in [6.07, 6.45) is -0.111. The fourth-order valence-corrected chi connectivity index (χ4v) is 1.55. The van der Waals surface area contributed by atoms with Crippen molar-refractivity contribution in [3.05, 3.63) is 0 Å². The van der Waals surface area contributed by atoms with Crippen LogP contribution in [0, 0.1) is 0 Å². The fourth-order valence-electron chi connectivity index (χ4n) is 1.55. The van der Waals surface area contributed by atoms with Crippen LogP contribution in [-0.2, 0) is 4.74 Å². The normalized spacial score (nSPS) is 29.0. The maximum absolute atomic E-state index is 9.33. The predicted molar refractivity (Wildman–Crippen MR) is 49.8 cm³/mol. The van der Waals surface area contributed by atoms with E-state index in [2.05, 4.69) is 4.99 Å². The van der Waals surface area contributed by atoms with Crippen LogP contribution in [-0.4, -0.2) is 40.5 Å². The SMILES string of the molecule is CC1CC(C)(C)N=C(C(O)CO)O1. The second kappa shape index (κ2) is 3.64. The topological polar surface area (TPSA) is 62.1 Å². The Kier molecular flexibility index (Phi) is 2.93. The van der Waals surface area contributed by atoms with Crippen molar-refractivity contribution < 1.29 is 14.9 Å². The van der Waals surface area contributed by atoms with Crippen molar-refractivity contribution in [2.75, 3.05) is 6.61 Å². The number of rotatable bonds is 2. The maximum Gasteiger partial charge on any atom is 0.216 e. The molecule has 4 heteroatoms. The molecule has 0 aromatic heterocycles. The van der Waals surface area contributed by atoms with Crippen LogP contribution in [0.15, 0.2) is 4.99 Å². The summed E-state index contributed by atoms with van der Waals surface area (Å²) < 4.78 is 5.31. The number of hydrogen-bond acceptors (Lipinski definition) is 4. The molecule has 0 aliphatic carbocycles. The molecule has 1 aliphatic rings. The molecule has 0 saturated carbocycles. The molecule has 0 spiro atoms. The zero-order chi connectivity index (χ0) is 10.1. The van der Waals surface area contributed by atoms with Gasteiger partial charge in [-0.15, -0.1) is 0 Å². The summed E-state index contributed by atoms with van der Waals surface area (Å²) in [4.78, 5) is 4.22. The van der Waals surface area contributed by atoms with Gasteiger partial charge in [0.1, 0.15) is 0 Å². The Morgan fingerprint density at radius 2 is 2.31 bits per heavy atom. The molecule has 76 valence electrons. The van der Waals surface area contributed by atoms with Gasteiger partial charge in [0.15, 0.2) is 6.10 Å². The Morgan fingerprint density at radius 1 is 1.69 bits per heavy atom. The number of aliphatic hydroxyl groups is 2. The van der Waals surface area contributed by atoms with Crippen LogP contribution in [0.5, 0.6) is 0 Å². The van der Waals surface area contributed by atoms with Crippen LogP contribution < -0.4 is 0 Å². The van der Waals surface area contributed by atoms with E-state index >= 15 is 0 Å². The molecule has 2 atom stereocenters. The first-order valence-corrected chi connectivity index (χ1v) is 4.50. The van der Waals surface area contributed by atoms with E-state index in [1.54, 1.807) is 0 Å². The summed E-state index contributed by atoms with van der Waals surface area (Å²) in [6.45, 7) is 5.55. The van der Waals surface area contributed by atoms with Gasteiger partial charge in [-0.2, -0.15) is 0 Å². The summed E-state index contributed by atoms with van der Waals surface area (Å²) in [5, 5.41) is 18.1. The van der Waals surface area contributed by atoms with E-state index < -0.39 is 6.10 Å². The van der Waals surface area contributed by atoms with Gasteiger partial charge in [0.2, 0.25) is 5.90 Å². The van der Waals surface area contributed by atoms with E-state index in [1.165, 1.54) is 0 Å². The van der Waals surface area contributed by atoms with E-state index in [4.69, 9.17) is 9.84 Å². The van der Waals surface area contributed by atoms with Gasteiger partial charge in [-0.3, -0.25) is 0 Å². The Balaban J connectivity index is 2.78. The monoisotopic (exact) mass is 187 g/mol. The highest BCUT2D eigenvalue weighted by Gasteiger charge is 2.30. The molecule has 0 amide bonds. The first-order chi connectivity index (χ1) is 5.94. The van der Waals surface area contributed by atoms with Gasteiger partial charge < -0.3 is 14.9 Å². The van der Waals surface area contributed by atoms with E-state index in [-0.39, 0.29) is 24.1 Å². The third-order valence-corrected chi connectivity index (χ3v) is 1.98. The highest BCUT2D eigenvalue weighted by molar-refractivity contribution is 5.81. The number of aliphatic imine (C=N–C) groups is 1. The Hall–Kier alpha value is -0.610. The number of hydrogen-bond donors (Lipinski definition) is 2. The van der Waals surface area contributed by atoms with Crippen LogP contribution in [0.2, 0.25) is 0 Å². The van der Waals surface area contributed by atoms with E-state index in [0.29, 0.717) is 0 Å². The fraction of sp³-hybridized carbons (Fsp3) is 0.889. The largest absolute Gasteiger partial charge is 0.476 e. The zero-order valence-corrected chi connectivity index (χ0v) is 8.32. The zero-order valence-electron chi connectivity index (χ0n) is 8.32. The van der Waals surface area contributed by atoms with E-state index in [1.807, 2.05) is 20.8 Å². The maximum atomic E-state index is 9.33. The van der Waals surface area contributed by atoms with Crippen LogP contribution in [0.1, 0.15) is 27.2 Å². The molecule has 0 fully saturated rings. The molecule has 2 unspecified atom stereocenters. The summed E-state index contributed by atoms with van der Waals surface area (Å²) in [6, 6.07) is 0. The first kappa shape index (κ1) is 10.5. The summed E-state index contributed by atoms with van der Waals surface area (Å²) in [5.74, 6) is 0.256. The van der Waals surface area contributed by atoms with Crippen LogP contribution in [0.3, 0.4) is 0 Å². The summed E-state index contributed by atoms with van der Waals surface area (Å²) in [5.41, 5.74) is -0.205. The standard InChI is InChI=1S/C9H17NO3/c1-6-4-9(2,3)10-8(13-6)7(12)5-11/h6-7,11-12H,4-5H2,1-3H3. The summed E-state index contributed by atoms with van der Waals surface area (Å²) >= 11 is 0. The van der Waals surface area contributed by atoms with Gasteiger partial charge >= 0.3 is 0 Å². The average Bonchev–Trinajstić information content (AvgIpc) is 1.99. The van der Waals surface area contributed by atoms with Gasteiger partial charge in [0.05, 0.1) is 18.2 Å². The third-order valence-electron chi connectivity index (χ3n) is 1.98. The highest BCUT2D eigenvalue weighted by Crippen LogP contribution is 2.24. The van der Waals surface area contributed by atoms with Crippen LogP contribution >= 0.6 is 0 Å². The molecule has 1 heterocycles. The van der Waals surface area contributed by atoms with Crippen molar-refractivity contribution in [2.24, 2.45) is 4.99 Å². The molecular formula is C9H17NO3. The highest BCUT2D eigenvalue weighted by atomic mass is 16.5. The lowest BCUT2D eigenvalue weighted by atomic mass is 9.97. The second-order valence-electron chi connectivity index (χ2n) is 4.09. The lowest BCUT2D eigenvalue weighted by Gasteiger charge is -2.32. The van der Waals surface area contributed by atoms with Gasteiger partial charge in [-0.05, 0) is 20.8 Å². The Morgan fingerprint density at radius 3 is 2.77 bits per heavy atom. The quantitative estimate of drug-likeness (QED) is 0.654. The lowest BCUT2D eigenvalue weighted by molar-refractivity contribution is 0.0778. The molecule has 13 heavy (non-hydrogen) atoms. The number of aliphatic hydroxyl groups excluding tert-OH is 2. The molecule has 0 radical (unpaired) electrons. The molecule has 0 aromatic rings. The third kappa shape index (κ3) is 2.67. The molecule has 2 N–H and O–H groups in total. The van der Waals surface area contributed by atoms with Crippen molar-refractivity contribution in [2.45, 2.75) is 44.9 Å². The van der Waals surface area contributed by atoms with Gasteiger partial charge in [-0.25, -0.2) is 4.99 Å². The molecule has 1 aliphatic heterocycles. The van der Waals surface area contributed by atoms with Crippen molar-refractivity contribution in [1.82, 2.24) is 0 Å². The Bertz CT molecular complexity index is 213. The van der Waals surface area contributed by atoms with E-state index in [0.717, 1.165) is 6.42 Å². The van der Waals surface area contributed by atoms with Crippen molar-refractivity contribution in [3.63, 3.8) is 0 Å². The predicted octanol–water partition coefficient (Wildman–Crippen LogP) is 0.325. The minimum Gasteiger partial charge on any atom is -0.476 e. The smallest absolute Gasteiger partial charge is 0.216 e. The minimum absolute atomic E-state index is 0.0451. The van der Waals surface area contributed by atoms with Crippen LogP contribution in [0.25, 0.3) is 0 Å². The van der Waals surface area contributed by atoms with Crippen molar-refractivity contribution in [3.8, 4) is 0 Å². The minimum atomic E-state index is -0.984. The molecule has 1 rings (SSSR count). The molecular weight excluding hydrogens is 170 g/mol. The second-order valence-corrected chi connectivity index (χ2v) is 4.09. The van der Waals surface area contributed by atoms with Gasteiger partial charge in [0.25, 0.3) is 0 Å². The molecule has 0 saturated heterocycles. The molecule has 0 aromatic carbocycles. The van der Waals surface area contributed by atoms with E-state index in [9.17, 15) is 5.11 Å². The van der Waals surface area contributed by atoms with Gasteiger partial charge in [0, 0.05) is 6.42 Å². The first-order valence-electron chi connectivity index (χ1n) is 4.50. The van der Waals surface area contributed by atoms with Crippen molar-refractivity contribution in [1.29, 1.82) is 0 Å². The van der Waals surface area contributed by atoms with Crippen LogP contribution in [0.4, 0.5) is 0 Å². The van der Waals surface area contributed by atoms with Crippen molar-refractivity contribution >= 4 is 5.90 Å². The summed E-state index contributed by atoms with van der Waals surface area (Å²) in [7, 11) is 0. The number of ether oxygens (including phenoxy) is 1. The molecule has 4 nitrogen and oxygen atoms in total. The Labute approximate surface area is 78.3 Å². The number of nitrogens with zero attached hydrogens (tertiary/aromatic N) is 1. The van der Waals surface area contributed by atoms with Gasteiger partial charge in [-0.1, -0.05) is 0 Å².